The molecule has 1 aliphatic rings. The molecule has 2 unspecified atom stereocenters. The number of hydrogen-bond acceptors (Lipinski definition) is 4. The van der Waals surface area contributed by atoms with E-state index in [2.05, 4.69) is 30.1 Å². The molecule has 1 aliphatic heterocycles. The molecule has 0 aromatic carbocycles. The Bertz CT molecular complexity index is 389. The fourth-order valence-corrected chi connectivity index (χ4v) is 2.42. The maximum Gasteiger partial charge on any atom is 0.118 e. The molecule has 4 heteroatoms. The van der Waals surface area contributed by atoms with E-state index in [0.29, 0.717) is 12.1 Å². The lowest BCUT2D eigenvalue weighted by Gasteiger charge is -2.36. The molecule has 1 N–H and O–H groups in total. The van der Waals surface area contributed by atoms with Gasteiger partial charge in [-0.15, -0.1) is 0 Å². The highest BCUT2D eigenvalue weighted by molar-refractivity contribution is 5.21. The summed E-state index contributed by atoms with van der Waals surface area (Å²) in [6, 6.07) is 2.64. The Kier molecular flexibility index (Phi) is 4.43. The number of hydrogen-bond donors (Lipinski definition) is 1. The quantitative estimate of drug-likeness (QED) is 0.888. The first kappa shape index (κ1) is 13.6. The lowest BCUT2D eigenvalue weighted by Crippen LogP contribution is -2.46. The lowest BCUT2D eigenvalue weighted by molar-refractivity contribution is -0.0527. The standard InChI is InChI=1S/C14H24N2O2/c1-10-9-17-11(2)7-16(10)8-13-5-14(6-15-4)18-12(13)3/h5,10-11,15H,6-9H2,1-4H3. The van der Waals surface area contributed by atoms with Gasteiger partial charge in [0, 0.05) is 24.7 Å². The Morgan fingerprint density at radius 3 is 2.94 bits per heavy atom. The summed E-state index contributed by atoms with van der Waals surface area (Å²) in [6.45, 7) is 9.95. The average Bonchev–Trinajstić information content (AvgIpc) is 2.65. The number of morpholine rings is 1. The highest BCUT2D eigenvalue weighted by Gasteiger charge is 2.24. The molecule has 102 valence electrons. The Labute approximate surface area is 109 Å². The van der Waals surface area contributed by atoms with Crippen molar-refractivity contribution in [3.05, 3.63) is 23.2 Å². The van der Waals surface area contributed by atoms with Gasteiger partial charge in [0.25, 0.3) is 0 Å². The van der Waals surface area contributed by atoms with Crippen molar-refractivity contribution in [2.24, 2.45) is 0 Å². The third-order valence-electron chi connectivity index (χ3n) is 3.53. The van der Waals surface area contributed by atoms with Crippen molar-refractivity contribution in [1.29, 1.82) is 0 Å². The van der Waals surface area contributed by atoms with Gasteiger partial charge in [-0.25, -0.2) is 0 Å². The summed E-state index contributed by atoms with van der Waals surface area (Å²) in [7, 11) is 1.93. The third-order valence-corrected chi connectivity index (χ3v) is 3.53. The molecule has 4 nitrogen and oxygen atoms in total. The van der Waals surface area contributed by atoms with Crippen LogP contribution in [0.3, 0.4) is 0 Å². The van der Waals surface area contributed by atoms with E-state index in [1.807, 2.05) is 14.0 Å². The topological polar surface area (TPSA) is 37.6 Å². The zero-order chi connectivity index (χ0) is 13.1. The first-order valence-electron chi connectivity index (χ1n) is 6.68. The van der Waals surface area contributed by atoms with Crippen LogP contribution in [0.4, 0.5) is 0 Å². The summed E-state index contributed by atoms with van der Waals surface area (Å²) in [5, 5.41) is 3.12. The molecular formula is C14H24N2O2. The van der Waals surface area contributed by atoms with Crippen molar-refractivity contribution in [2.45, 2.75) is 46.0 Å². The zero-order valence-electron chi connectivity index (χ0n) is 11.8. The van der Waals surface area contributed by atoms with Gasteiger partial charge in [0.1, 0.15) is 11.5 Å². The molecule has 18 heavy (non-hydrogen) atoms. The van der Waals surface area contributed by atoms with E-state index in [4.69, 9.17) is 9.15 Å². The molecule has 0 spiro atoms. The second-order valence-electron chi connectivity index (χ2n) is 5.25. The van der Waals surface area contributed by atoms with Crippen molar-refractivity contribution < 1.29 is 9.15 Å². The fourth-order valence-electron chi connectivity index (χ4n) is 2.42. The lowest BCUT2D eigenvalue weighted by atomic mass is 10.1. The van der Waals surface area contributed by atoms with Crippen molar-refractivity contribution in [3.63, 3.8) is 0 Å². The molecule has 0 saturated carbocycles. The second kappa shape index (κ2) is 5.87. The van der Waals surface area contributed by atoms with Gasteiger partial charge in [-0.2, -0.15) is 0 Å². The van der Waals surface area contributed by atoms with E-state index in [1.54, 1.807) is 0 Å². The molecule has 1 aromatic heterocycles. The second-order valence-corrected chi connectivity index (χ2v) is 5.25. The molecule has 2 heterocycles. The summed E-state index contributed by atoms with van der Waals surface area (Å²) in [4.78, 5) is 2.47. The predicted molar refractivity (Wildman–Crippen MR) is 71.5 cm³/mol. The van der Waals surface area contributed by atoms with Crippen molar-refractivity contribution in [1.82, 2.24) is 10.2 Å². The summed E-state index contributed by atoms with van der Waals surface area (Å²) >= 11 is 0. The van der Waals surface area contributed by atoms with Gasteiger partial charge in [-0.1, -0.05) is 0 Å². The van der Waals surface area contributed by atoms with Gasteiger partial charge in [0.05, 0.1) is 19.3 Å². The van der Waals surface area contributed by atoms with Crippen molar-refractivity contribution in [2.75, 3.05) is 20.2 Å². The maximum atomic E-state index is 5.74. The van der Waals surface area contributed by atoms with Crippen LogP contribution < -0.4 is 5.32 Å². The molecule has 0 radical (unpaired) electrons. The highest BCUT2D eigenvalue weighted by atomic mass is 16.5. The van der Waals surface area contributed by atoms with Crippen molar-refractivity contribution in [3.8, 4) is 0 Å². The molecule has 1 fully saturated rings. The summed E-state index contributed by atoms with van der Waals surface area (Å²) in [6.07, 6.45) is 0.324. The number of aryl methyl sites for hydroxylation is 1. The summed E-state index contributed by atoms with van der Waals surface area (Å²) < 4.78 is 11.4. The van der Waals surface area contributed by atoms with E-state index >= 15 is 0 Å². The molecule has 1 aromatic rings. The van der Waals surface area contributed by atoms with Crippen LogP contribution in [0.1, 0.15) is 30.9 Å². The van der Waals surface area contributed by atoms with E-state index in [9.17, 15) is 0 Å². The Morgan fingerprint density at radius 2 is 2.22 bits per heavy atom. The molecule has 2 atom stereocenters. The number of nitrogens with one attached hydrogen (secondary N) is 1. The Hall–Kier alpha value is -0.840. The van der Waals surface area contributed by atoms with Crippen LogP contribution >= 0.6 is 0 Å². The summed E-state index contributed by atoms with van der Waals surface area (Å²) in [5.74, 6) is 2.05. The van der Waals surface area contributed by atoms with Crippen LogP contribution in [0.25, 0.3) is 0 Å². The maximum absolute atomic E-state index is 5.74. The van der Waals surface area contributed by atoms with Crippen LogP contribution in [-0.4, -0.2) is 37.2 Å². The number of rotatable bonds is 4. The SMILES string of the molecule is CNCc1cc(CN2CC(C)OCC2C)c(C)o1. The molecule has 1 saturated heterocycles. The van der Waals surface area contributed by atoms with E-state index < -0.39 is 0 Å². The van der Waals surface area contributed by atoms with E-state index in [1.165, 1.54) is 5.56 Å². The normalized spacial score (nSPS) is 25.6. The molecular weight excluding hydrogens is 228 g/mol. The van der Waals surface area contributed by atoms with Gasteiger partial charge >= 0.3 is 0 Å². The molecule has 0 bridgehead atoms. The number of ether oxygens (including phenoxy) is 1. The largest absolute Gasteiger partial charge is 0.465 e. The molecule has 0 amide bonds. The van der Waals surface area contributed by atoms with Crippen LogP contribution in [-0.2, 0) is 17.8 Å². The van der Waals surface area contributed by atoms with Gasteiger partial charge < -0.3 is 14.5 Å². The van der Waals surface area contributed by atoms with Crippen LogP contribution in [0.5, 0.6) is 0 Å². The average molecular weight is 252 g/mol. The van der Waals surface area contributed by atoms with Crippen LogP contribution in [0, 0.1) is 6.92 Å². The van der Waals surface area contributed by atoms with Gasteiger partial charge in [0.2, 0.25) is 0 Å². The number of furan rings is 1. The van der Waals surface area contributed by atoms with Crippen LogP contribution in [0.15, 0.2) is 10.5 Å². The van der Waals surface area contributed by atoms with E-state index in [-0.39, 0.29) is 0 Å². The predicted octanol–water partition coefficient (Wildman–Crippen LogP) is 1.92. The first-order valence-corrected chi connectivity index (χ1v) is 6.68. The zero-order valence-corrected chi connectivity index (χ0v) is 11.8. The monoisotopic (exact) mass is 252 g/mol. The summed E-state index contributed by atoms with van der Waals surface area (Å²) in [5.41, 5.74) is 1.29. The van der Waals surface area contributed by atoms with Crippen molar-refractivity contribution >= 4 is 0 Å². The first-order chi connectivity index (χ1) is 8.60. The minimum Gasteiger partial charge on any atom is -0.465 e. The number of nitrogens with zero attached hydrogens (tertiary/aromatic N) is 1. The van der Waals surface area contributed by atoms with Gasteiger partial charge in [-0.3, -0.25) is 4.90 Å². The Morgan fingerprint density at radius 1 is 1.44 bits per heavy atom. The van der Waals surface area contributed by atoms with E-state index in [0.717, 1.165) is 37.8 Å². The van der Waals surface area contributed by atoms with Gasteiger partial charge in [-0.05, 0) is 33.9 Å². The molecule has 2 rings (SSSR count). The highest BCUT2D eigenvalue weighted by Crippen LogP contribution is 2.20. The minimum atomic E-state index is 0.324. The Balaban J connectivity index is 2.03. The van der Waals surface area contributed by atoms with Gasteiger partial charge in [0.15, 0.2) is 0 Å². The minimum absolute atomic E-state index is 0.324. The third kappa shape index (κ3) is 3.13. The molecule has 0 aliphatic carbocycles. The van der Waals surface area contributed by atoms with Crippen LogP contribution in [0.2, 0.25) is 0 Å². The fraction of sp³-hybridized carbons (Fsp3) is 0.714. The smallest absolute Gasteiger partial charge is 0.118 e.